The third kappa shape index (κ3) is 2.98. The normalized spacial score (nSPS) is 19.3. The highest BCUT2D eigenvalue weighted by Crippen LogP contribution is 2.35. The van der Waals surface area contributed by atoms with Crippen LogP contribution < -0.4 is 0 Å². The molecule has 0 radical (unpaired) electrons. The van der Waals surface area contributed by atoms with Crippen LogP contribution in [0, 0.1) is 13.8 Å². The summed E-state index contributed by atoms with van der Waals surface area (Å²) in [5.74, 6) is 0.541. The van der Waals surface area contributed by atoms with Crippen molar-refractivity contribution in [3.8, 4) is 0 Å². The van der Waals surface area contributed by atoms with Crippen LogP contribution >= 0.6 is 11.6 Å². The van der Waals surface area contributed by atoms with Crippen LogP contribution in [-0.4, -0.2) is 40.5 Å². The minimum absolute atomic E-state index is 0.323. The van der Waals surface area contributed by atoms with Crippen molar-refractivity contribution in [3.05, 3.63) is 11.4 Å². The van der Waals surface area contributed by atoms with E-state index >= 15 is 0 Å². The first kappa shape index (κ1) is 16.8. The maximum Gasteiger partial charge on any atom is 0.247 e. The Morgan fingerprint density at radius 1 is 1.33 bits per heavy atom. The quantitative estimate of drug-likeness (QED) is 0.778. The van der Waals surface area contributed by atoms with Gasteiger partial charge in [-0.2, -0.15) is 9.40 Å². The standard InChI is InChI=1S/C14H24ClN3O2S/c1-11-13(12(2)17(16-11)9-6-8-15)21(19,20)18-10-5-7-14(18,3)4/h5-10H2,1-4H3. The third-order valence-electron chi connectivity index (χ3n) is 4.19. The molecule has 5 nitrogen and oxygen atoms in total. The SMILES string of the molecule is Cc1nn(CCCCl)c(C)c1S(=O)(=O)N1CCCC1(C)C. The Bertz CT molecular complexity index is 622. The highest BCUT2D eigenvalue weighted by molar-refractivity contribution is 7.89. The number of aromatic nitrogens is 2. The van der Waals surface area contributed by atoms with E-state index in [0.29, 0.717) is 35.3 Å². The average molecular weight is 334 g/mol. The molecule has 7 heteroatoms. The molecule has 0 unspecified atom stereocenters. The Kier molecular flexibility index (Phi) is 4.71. The minimum Gasteiger partial charge on any atom is -0.268 e. The van der Waals surface area contributed by atoms with Gasteiger partial charge < -0.3 is 0 Å². The molecule has 0 N–H and O–H groups in total. The van der Waals surface area contributed by atoms with Crippen LogP contribution in [0.5, 0.6) is 0 Å². The summed E-state index contributed by atoms with van der Waals surface area (Å²) < 4.78 is 29.4. The molecule has 2 heterocycles. The van der Waals surface area contributed by atoms with Gasteiger partial charge in [-0.25, -0.2) is 8.42 Å². The van der Waals surface area contributed by atoms with Crippen LogP contribution in [0.1, 0.15) is 44.5 Å². The molecule has 1 fully saturated rings. The molecule has 1 aliphatic heterocycles. The monoisotopic (exact) mass is 333 g/mol. The largest absolute Gasteiger partial charge is 0.268 e. The van der Waals surface area contributed by atoms with Gasteiger partial charge in [0.1, 0.15) is 4.90 Å². The average Bonchev–Trinajstić information content (AvgIpc) is 2.87. The van der Waals surface area contributed by atoms with Crippen molar-refractivity contribution in [2.45, 2.75) is 63.9 Å². The first-order valence-corrected chi connectivity index (χ1v) is 9.32. The number of nitrogens with zero attached hydrogens (tertiary/aromatic N) is 3. The molecular weight excluding hydrogens is 310 g/mol. The van der Waals surface area contributed by atoms with E-state index in [0.717, 1.165) is 19.3 Å². The smallest absolute Gasteiger partial charge is 0.247 e. The molecule has 0 atom stereocenters. The zero-order valence-electron chi connectivity index (χ0n) is 13.2. The summed E-state index contributed by atoms with van der Waals surface area (Å²) in [7, 11) is -3.49. The molecule has 21 heavy (non-hydrogen) atoms. The fraction of sp³-hybridized carbons (Fsp3) is 0.786. The highest BCUT2D eigenvalue weighted by atomic mass is 35.5. The predicted octanol–water partition coefficient (Wildman–Crippen LogP) is 2.69. The fourth-order valence-corrected chi connectivity index (χ4v) is 5.46. The molecule has 0 spiro atoms. The Morgan fingerprint density at radius 2 is 2.00 bits per heavy atom. The van der Waals surface area contributed by atoms with E-state index in [1.165, 1.54) is 0 Å². The Morgan fingerprint density at radius 3 is 2.52 bits per heavy atom. The number of rotatable bonds is 5. The molecular formula is C14H24ClN3O2S. The van der Waals surface area contributed by atoms with Crippen LogP contribution in [0.25, 0.3) is 0 Å². The molecule has 1 aliphatic rings. The van der Waals surface area contributed by atoms with Gasteiger partial charge in [0, 0.05) is 24.5 Å². The maximum absolute atomic E-state index is 13.0. The van der Waals surface area contributed by atoms with E-state index in [2.05, 4.69) is 5.10 Å². The zero-order valence-corrected chi connectivity index (χ0v) is 14.8. The maximum atomic E-state index is 13.0. The van der Waals surface area contributed by atoms with Gasteiger partial charge in [0.05, 0.1) is 11.4 Å². The molecule has 120 valence electrons. The lowest BCUT2D eigenvalue weighted by Gasteiger charge is -2.30. The first-order valence-electron chi connectivity index (χ1n) is 7.34. The van der Waals surface area contributed by atoms with Crippen LogP contribution in [0.3, 0.4) is 0 Å². The summed E-state index contributed by atoms with van der Waals surface area (Å²) in [5.41, 5.74) is 0.959. The summed E-state index contributed by atoms with van der Waals surface area (Å²) in [6.45, 7) is 8.79. The van der Waals surface area contributed by atoms with E-state index in [-0.39, 0.29) is 5.54 Å². The van der Waals surface area contributed by atoms with Gasteiger partial charge in [-0.05, 0) is 47.0 Å². The van der Waals surface area contributed by atoms with E-state index in [1.807, 2.05) is 20.8 Å². The number of hydrogen-bond donors (Lipinski definition) is 0. The van der Waals surface area contributed by atoms with Gasteiger partial charge in [0.25, 0.3) is 0 Å². The molecule has 1 saturated heterocycles. The lowest BCUT2D eigenvalue weighted by molar-refractivity contribution is 0.291. The second-order valence-electron chi connectivity index (χ2n) is 6.26. The second-order valence-corrected chi connectivity index (χ2v) is 8.44. The molecule has 2 rings (SSSR count). The minimum atomic E-state index is -3.49. The molecule has 0 aromatic carbocycles. The fourth-order valence-electron chi connectivity index (χ4n) is 3.12. The topological polar surface area (TPSA) is 55.2 Å². The van der Waals surface area contributed by atoms with Gasteiger partial charge in [0.2, 0.25) is 10.0 Å². The second kappa shape index (κ2) is 5.89. The summed E-state index contributed by atoms with van der Waals surface area (Å²) in [6, 6.07) is 0. The van der Waals surface area contributed by atoms with E-state index in [1.54, 1.807) is 15.9 Å². The lowest BCUT2D eigenvalue weighted by Crippen LogP contribution is -2.42. The van der Waals surface area contributed by atoms with Gasteiger partial charge in [-0.3, -0.25) is 4.68 Å². The highest BCUT2D eigenvalue weighted by Gasteiger charge is 2.42. The Hall–Kier alpha value is -0.590. The number of halogens is 1. The van der Waals surface area contributed by atoms with Crippen molar-refractivity contribution in [2.75, 3.05) is 12.4 Å². The number of sulfonamides is 1. The molecule has 1 aromatic heterocycles. The van der Waals surface area contributed by atoms with Crippen molar-refractivity contribution in [1.29, 1.82) is 0 Å². The number of hydrogen-bond acceptors (Lipinski definition) is 3. The van der Waals surface area contributed by atoms with E-state index < -0.39 is 10.0 Å². The van der Waals surface area contributed by atoms with Gasteiger partial charge in [-0.15, -0.1) is 11.6 Å². The van der Waals surface area contributed by atoms with Gasteiger partial charge in [0.15, 0.2) is 0 Å². The van der Waals surface area contributed by atoms with Crippen molar-refractivity contribution >= 4 is 21.6 Å². The van der Waals surface area contributed by atoms with Crippen molar-refractivity contribution in [3.63, 3.8) is 0 Å². The van der Waals surface area contributed by atoms with E-state index in [9.17, 15) is 8.42 Å². The molecule has 0 aliphatic carbocycles. The summed E-state index contributed by atoms with van der Waals surface area (Å²) in [5, 5.41) is 4.39. The Labute approximate surface area is 132 Å². The van der Waals surface area contributed by atoms with Gasteiger partial charge >= 0.3 is 0 Å². The van der Waals surface area contributed by atoms with Crippen molar-refractivity contribution in [2.24, 2.45) is 0 Å². The van der Waals surface area contributed by atoms with Crippen LogP contribution in [0.4, 0.5) is 0 Å². The summed E-state index contributed by atoms with van der Waals surface area (Å²) in [6.07, 6.45) is 2.58. The molecule has 0 bridgehead atoms. The first-order chi connectivity index (χ1) is 9.71. The summed E-state index contributed by atoms with van der Waals surface area (Å²) >= 11 is 5.71. The van der Waals surface area contributed by atoms with Gasteiger partial charge in [-0.1, -0.05) is 0 Å². The predicted molar refractivity (Wildman–Crippen MR) is 84.2 cm³/mol. The molecule has 1 aromatic rings. The van der Waals surface area contributed by atoms with Crippen LogP contribution in [0.2, 0.25) is 0 Å². The van der Waals surface area contributed by atoms with Crippen molar-refractivity contribution < 1.29 is 8.42 Å². The lowest BCUT2D eigenvalue weighted by atomic mass is 10.0. The zero-order chi connectivity index (χ0) is 15.8. The molecule has 0 saturated carbocycles. The van der Waals surface area contributed by atoms with Crippen molar-refractivity contribution in [1.82, 2.24) is 14.1 Å². The number of alkyl halides is 1. The van der Waals surface area contributed by atoms with Crippen LogP contribution in [-0.2, 0) is 16.6 Å². The molecule has 0 amide bonds. The third-order valence-corrected chi connectivity index (χ3v) is 6.82. The summed E-state index contributed by atoms with van der Waals surface area (Å²) in [4.78, 5) is 0.368. The van der Waals surface area contributed by atoms with E-state index in [4.69, 9.17) is 11.6 Å². The van der Waals surface area contributed by atoms with Crippen LogP contribution in [0.15, 0.2) is 4.90 Å². The number of aryl methyl sites for hydroxylation is 2. The Balaban J connectivity index is 2.43.